The summed E-state index contributed by atoms with van der Waals surface area (Å²) in [5, 5.41) is 15.2. The molecule has 3 aromatic heterocycles. The lowest BCUT2D eigenvalue weighted by atomic mass is 10.0. The van der Waals surface area contributed by atoms with Crippen molar-refractivity contribution in [2.24, 2.45) is 5.73 Å². The van der Waals surface area contributed by atoms with Crippen molar-refractivity contribution in [3.05, 3.63) is 60.0 Å². The molecule has 206 valence electrons. The molecule has 2 saturated heterocycles. The number of nitrogens with two attached hydrogens (primary N) is 1. The summed E-state index contributed by atoms with van der Waals surface area (Å²) < 4.78 is 15.3. The molecular formula is C28H30FN9O2. The summed E-state index contributed by atoms with van der Waals surface area (Å²) in [6.45, 7) is 1.32. The Bertz CT molecular complexity index is 1410. The maximum atomic E-state index is 15.3. The number of carbonyl (C=O) groups excluding carboxylic acids is 2. The second kappa shape index (κ2) is 11.9. The van der Waals surface area contributed by atoms with Crippen molar-refractivity contribution in [1.82, 2.24) is 15.0 Å². The molecule has 0 unspecified atom stereocenters. The van der Waals surface area contributed by atoms with Crippen LogP contribution in [0.1, 0.15) is 48.0 Å². The summed E-state index contributed by atoms with van der Waals surface area (Å²) in [7, 11) is 0. The second-order valence-electron chi connectivity index (χ2n) is 9.88. The molecule has 0 spiro atoms. The Hall–Kier alpha value is -4.79. The van der Waals surface area contributed by atoms with Crippen LogP contribution < -0.4 is 26.2 Å². The summed E-state index contributed by atoms with van der Waals surface area (Å²) in [6.07, 6.45) is 7.09. The number of primary amides is 1. The molecule has 4 N–H and O–H groups in total. The molecule has 0 bridgehead atoms. The van der Waals surface area contributed by atoms with Gasteiger partial charge in [0, 0.05) is 38.0 Å². The topological polar surface area (TPSA) is 153 Å². The van der Waals surface area contributed by atoms with Gasteiger partial charge >= 0.3 is 0 Å². The molecule has 2 amide bonds. The minimum atomic E-state index is -1.26. The lowest BCUT2D eigenvalue weighted by Crippen LogP contribution is -2.48. The van der Waals surface area contributed by atoms with Gasteiger partial charge in [-0.3, -0.25) is 9.59 Å². The fourth-order valence-corrected chi connectivity index (χ4v) is 4.96. The van der Waals surface area contributed by atoms with Gasteiger partial charge in [0.25, 0.3) is 5.91 Å². The molecule has 0 saturated carbocycles. The zero-order chi connectivity index (χ0) is 28.1. The molecule has 2 aliphatic heterocycles. The van der Waals surface area contributed by atoms with E-state index >= 15 is 4.39 Å². The predicted molar refractivity (Wildman–Crippen MR) is 149 cm³/mol. The first kappa shape index (κ1) is 26.8. The van der Waals surface area contributed by atoms with Crippen molar-refractivity contribution >= 4 is 40.6 Å². The van der Waals surface area contributed by atoms with Gasteiger partial charge < -0.3 is 26.2 Å². The molecule has 2 fully saturated rings. The molecule has 12 heteroatoms. The standard InChI is InChI=1S/C28H30FN9O2/c29-21-17-37(26-8-5-18(13-30)14-34-26)11-9-22(21)35-23-12-25(33-16-20(23)28(31)40)36-24-7-6-19(15-32-24)38-10-3-1-2-4-27(38)39/h5-8,12,14-16,21-22H,1-4,9-11,17H2,(H2,31,40)(H2,32,33,35,36)/t21-,22+/m0/s1. The number of pyridine rings is 3. The van der Waals surface area contributed by atoms with Crippen molar-refractivity contribution in [1.29, 1.82) is 5.26 Å². The lowest BCUT2D eigenvalue weighted by molar-refractivity contribution is -0.118. The van der Waals surface area contributed by atoms with Crippen LogP contribution in [-0.4, -0.2) is 58.6 Å². The van der Waals surface area contributed by atoms with E-state index in [1.807, 2.05) is 17.0 Å². The molecule has 5 heterocycles. The van der Waals surface area contributed by atoms with E-state index in [4.69, 9.17) is 11.0 Å². The van der Waals surface area contributed by atoms with Gasteiger partial charge in [-0.1, -0.05) is 6.42 Å². The Morgan fingerprint density at radius 3 is 2.60 bits per heavy atom. The highest BCUT2D eigenvalue weighted by atomic mass is 19.1. The van der Waals surface area contributed by atoms with Gasteiger partial charge in [-0.15, -0.1) is 0 Å². The molecule has 40 heavy (non-hydrogen) atoms. The third-order valence-corrected chi connectivity index (χ3v) is 7.14. The largest absolute Gasteiger partial charge is 0.378 e. The van der Waals surface area contributed by atoms with E-state index in [0.29, 0.717) is 54.6 Å². The molecule has 3 aromatic rings. The SMILES string of the molecule is N#Cc1ccc(N2CC[C@@H](Nc3cc(Nc4ccc(N5CCCCCC5=O)cn4)ncc3C(N)=O)[C@@H](F)C2)nc1. The number of hydrogen-bond donors (Lipinski definition) is 3. The smallest absolute Gasteiger partial charge is 0.252 e. The Morgan fingerprint density at radius 1 is 1.05 bits per heavy atom. The first-order valence-corrected chi connectivity index (χ1v) is 13.3. The van der Waals surface area contributed by atoms with Crippen LogP contribution in [0.15, 0.2) is 48.9 Å². The molecule has 0 aromatic carbocycles. The number of hydrogen-bond acceptors (Lipinski definition) is 9. The van der Waals surface area contributed by atoms with Crippen LogP contribution in [0.3, 0.4) is 0 Å². The zero-order valence-electron chi connectivity index (χ0n) is 21.9. The fraction of sp³-hybridized carbons (Fsp3) is 0.357. The molecule has 2 atom stereocenters. The molecule has 5 rings (SSSR count). The number of aromatic nitrogens is 3. The maximum absolute atomic E-state index is 15.3. The van der Waals surface area contributed by atoms with Gasteiger partial charge in [-0.05, 0) is 43.5 Å². The van der Waals surface area contributed by atoms with E-state index in [0.717, 1.165) is 24.9 Å². The van der Waals surface area contributed by atoms with Gasteiger partial charge in [-0.25, -0.2) is 19.3 Å². The van der Waals surface area contributed by atoms with Crippen LogP contribution in [0.4, 0.5) is 33.2 Å². The number of nitriles is 1. The Morgan fingerprint density at radius 2 is 1.90 bits per heavy atom. The summed E-state index contributed by atoms with van der Waals surface area (Å²) in [4.78, 5) is 41.0. The zero-order valence-corrected chi connectivity index (χ0v) is 21.9. The van der Waals surface area contributed by atoms with E-state index in [1.165, 1.54) is 12.4 Å². The average Bonchev–Trinajstić information content (AvgIpc) is 3.18. The molecule has 2 aliphatic rings. The molecule has 11 nitrogen and oxygen atoms in total. The van der Waals surface area contributed by atoms with E-state index in [2.05, 4.69) is 25.6 Å². The van der Waals surface area contributed by atoms with Gasteiger partial charge in [-0.2, -0.15) is 5.26 Å². The number of anilines is 5. The monoisotopic (exact) mass is 543 g/mol. The summed E-state index contributed by atoms with van der Waals surface area (Å²) in [6, 6.07) is 10.0. The number of piperidine rings is 1. The third kappa shape index (κ3) is 6.09. The number of alkyl halides is 1. The van der Waals surface area contributed by atoms with Crippen molar-refractivity contribution in [2.45, 2.75) is 44.3 Å². The van der Waals surface area contributed by atoms with Gasteiger partial charge in [0.1, 0.15) is 29.7 Å². The average molecular weight is 544 g/mol. The number of nitrogens with one attached hydrogen (secondary N) is 2. The van der Waals surface area contributed by atoms with Crippen LogP contribution in [0.25, 0.3) is 0 Å². The Labute approximate surface area is 231 Å². The molecule has 0 aliphatic carbocycles. The summed E-state index contributed by atoms with van der Waals surface area (Å²) in [5.41, 5.74) is 7.28. The van der Waals surface area contributed by atoms with Gasteiger partial charge in [0.2, 0.25) is 5.91 Å². The van der Waals surface area contributed by atoms with Crippen LogP contribution in [-0.2, 0) is 4.79 Å². The number of rotatable bonds is 7. The van der Waals surface area contributed by atoms with Crippen molar-refractivity contribution in [2.75, 3.05) is 40.1 Å². The normalized spacial score (nSPS) is 19.4. The third-order valence-electron chi connectivity index (χ3n) is 7.14. The quantitative estimate of drug-likeness (QED) is 0.406. The second-order valence-corrected chi connectivity index (χ2v) is 9.88. The molecular weight excluding hydrogens is 513 g/mol. The van der Waals surface area contributed by atoms with E-state index in [9.17, 15) is 9.59 Å². The highest BCUT2D eigenvalue weighted by Crippen LogP contribution is 2.27. The summed E-state index contributed by atoms with van der Waals surface area (Å²) in [5.74, 6) is 0.925. The maximum Gasteiger partial charge on any atom is 0.252 e. The number of amides is 2. The van der Waals surface area contributed by atoms with Gasteiger partial charge in [0.05, 0.1) is 41.3 Å². The van der Waals surface area contributed by atoms with Crippen LogP contribution in [0, 0.1) is 11.3 Å². The van der Waals surface area contributed by atoms with Crippen molar-refractivity contribution in [3.63, 3.8) is 0 Å². The van der Waals surface area contributed by atoms with Crippen molar-refractivity contribution < 1.29 is 14.0 Å². The first-order valence-electron chi connectivity index (χ1n) is 13.3. The van der Waals surface area contributed by atoms with Crippen molar-refractivity contribution in [3.8, 4) is 6.07 Å². The van der Waals surface area contributed by atoms with Crippen LogP contribution in [0.2, 0.25) is 0 Å². The number of halogens is 1. The lowest BCUT2D eigenvalue weighted by Gasteiger charge is -2.36. The van der Waals surface area contributed by atoms with E-state index in [-0.39, 0.29) is 18.0 Å². The Kier molecular flexibility index (Phi) is 8.00. The molecule has 0 radical (unpaired) electrons. The van der Waals surface area contributed by atoms with Crippen LogP contribution >= 0.6 is 0 Å². The minimum absolute atomic E-state index is 0.101. The summed E-state index contributed by atoms with van der Waals surface area (Å²) >= 11 is 0. The van der Waals surface area contributed by atoms with E-state index in [1.54, 1.807) is 35.4 Å². The first-order chi connectivity index (χ1) is 19.4. The predicted octanol–water partition coefficient (Wildman–Crippen LogP) is 3.52. The van der Waals surface area contributed by atoms with Gasteiger partial charge in [0.15, 0.2) is 0 Å². The number of nitrogens with zero attached hydrogens (tertiary/aromatic N) is 6. The van der Waals surface area contributed by atoms with Crippen LogP contribution in [0.5, 0.6) is 0 Å². The Balaban J connectivity index is 1.27. The van der Waals surface area contributed by atoms with E-state index < -0.39 is 18.1 Å². The number of carbonyl (C=O) groups is 2. The fourth-order valence-electron chi connectivity index (χ4n) is 4.96. The highest BCUT2D eigenvalue weighted by molar-refractivity contribution is 5.98. The minimum Gasteiger partial charge on any atom is -0.378 e. The highest BCUT2D eigenvalue weighted by Gasteiger charge is 2.31.